The molecule has 0 saturated carbocycles. The second kappa shape index (κ2) is 4.64. The summed E-state index contributed by atoms with van der Waals surface area (Å²) < 4.78 is 1.97. The minimum Gasteiger partial charge on any atom is -0.381 e. The quantitative estimate of drug-likeness (QED) is 0.859. The standard InChI is InChI=1S/C12H23N5/c1-12(2,3)10-11(13)14-15-17(10)9-8-16-6-4-5-7-16/h4-9,13H2,1-3H3. The predicted molar refractivity (Wildman–Crippen MR) is 68.8 cm³/mol. The number of rotatable bonds is 3. The third-order valence-corrected chi connectivity index (χ3v) is 3.30. The third-order valence-electron chi connectivity index (χ3n) is 3.30. The van der Waals surface area contributed by atoms with Crippen LogP contribution in [0, 0.1) is 0 Å². The van der Waals surface area contributed by atoms with E-state index < -0.39 is 0 Å². The molecule has 0 amide bonds. The van der Waals surface area contributed by atoms with Gasteiger partial charge in [0, 0.05) is 12.0 Å². The smallest absolute Gasteiger partial charge is 0.169 e. The molecule has 2 rings (SSSR count). The van der Waals surface area contributed by atoms with Crippen LogP contribution < -0.4 is 5.73 Å². The first kappa shape index (κ1) is 12.4. The highest BCUT2D eigenvalue weighted by Gasteiger charge is 2.24. The Morgan fingerprint density at radius 1 is 1.18 bits per heavy atom. The number of hydrogen-bond donors (Lipinski definition) is 1. The number of nitrogen functional groups attached to an aromatic ring is 1. The van der Waals surface area contributed by atoms with Gasteiger partial charge in [0.05, 0.1) is 12.2 Å². The van der Waals surface area contributed by atoms with Crippen molar-refractivity contribution in [2.45, 2.75) is 45.6 Å². The van der Waals surface area contributed by atoms with Crippen LogP contribution in [-0.4, -0.2) is 39.5 Å². The largest absolute Gasteiger partial charge is 0.381 e. The molecule has 2 N–H and O–H groups in total. The van der Waals surface area contributed by atoms with Gasteiger partial charge in [0.1, 0.15) is 0 Å². The monoisotopic (exact) mass is 237 g/mol. The number of nitrogens with zero attached hydrogens (tertiary/aromatic N) is 4. The Labute approximate surface area is 103 Å². The predicted octanol–water partition coefficient (Wildman–Crippen LogP) is 1.25. The molecule has 5 heteroatoms. The van der Waals surface area contributed by atoms with Crippen LogP contribution in [0.15, 0.2) is 0 Å². The zero-order valence-electron chi connectivity index (χ0n) is 11.1. The molecule has 1 saturated heterocycles. The van der Waals surface area contributed by atoms with Gasteiger partial charge >= 0.3 is 0 Å². The molecule has 5 nitrogen and oxygen atoms in total. The molecule has 17 heavy (non-hydrogen) atoms. The van der Waals surface area contributed by atoms with Crippen molar-refractivity contribution in [2.24, 2.45) is 0 Å². The van der Waals surface area contributed by atoms with E-state index in [1.807, 2.05) is 4.68 Å². The van der Waals surface area contributed by atoms with Crippen LogP contribution in [0.5, 0.6) is 0 Å². The summed E-state index contributed by atoms with van der Waals surface area (Å²) in [6.07, 6.45) is 2.65. The fraction of sp³-hybridized carbons (Fsp3) is 0.833. The molecule has 1 aromatic heterocycles. The zero-order chi connectivity index (χ0) is 12.5. The second-order valence-corrected chi connectivity index (χ2v) is 5.85. The Bertz CT molecular complexity index is 371. The summed E-state index contributed by atoms with van der Waals surface area (Å²) in [4.78, 5) is 2.48. The fourth-order valence-corrected chi connectivity index (χ4v) is 2.50. The maximum atomic E-state index is 5.90. The lowest BCUT2D eigenvalue weighted by atomic mass is 9.92. The summed E-state index contributed by atoms with van der Waals surface area (Å²) in [5.74, 6) is 0.568. The lowest BCUT2D eigenvalue weighted by molar-refractivity contribution is 0.307. The van der Waals surface area contributed by atoms with Crippen molar-refractivity contribution in [1.82, 2.24) is 19.9 Å². The maximum absolute atomic E-state index is 5.90. The van der Waals surface area contributed by atoms with Gasteiger partial charge in [-0.1, -0.05) is 26.0 Å². The third kappa shape index (κ3) is 2.77. The molecular formula is C12H23N5. The molecule has 0 bridgehead atoms. The summed E-state index contributed by atoms with van der Waals surface area (Å²) in [6, 6.07) is 0. The van der Waals surface area contributed by atoms with Crippen molar-refractivity contribution in [2.75, 3.05) is 25.4 Å². The van der Waals surface area contributed by atoms with Crippen molar-refractivity contribution in [3.63, 3.8) is 0 Å². The van der Waals surface area contributed by atoms with Gasteiger partial charge < -0.3 is 10.6 Å². The summed E-state index contributed by atoms with van der Waals surface area (Å²) >= 11 is 0. The van der Waals surface area contributed by atoms with Crippen LogP contribution in [-0.2, 0) is 12.0 Å². The van der Waals surface area contributed by atoms with Crippen molar-refractivity contribution in [3.05, 3.63) is 5.69 Å². The van der Waals surface area contributed by atoms with Crippen LogP contribution in [0.25, 0.3) is 0 Å². The van der Waals surface area contributed by atoms with Crippen molar-refractivity contribution >= 4 is 5.82 Å². The molecule has 1 fully saturated rings. The van der Waals surface area contributed by atoms with E-state index in [4.69, 9.17) is 5.73 Å². The van der Waals surface area contributed by atoms with Gasteiger partial charge in [-0.05, 0) is 25.9 Å². The van der Waals surface area contributed by atoms with Crippen molar-refractivity contribution in [1.29, 1.82) is 0 Å². The Morgan fingerprint density at radius 3 is 2.41 bits per heavy atom. The normalized spacial score (nSPS) is 17.8. The van der Waals surface area contributed by atoms with Gasteiger partial charge in [-0.15, -0.1) is 5.10 Å². The second-order valence-electron chi connectivity index (χ2n) is 5.85. The Kier molecular flexibility index (Phi) is 3.38. The molecule has 0 radical (unpaired) electrons. The van der Waals surface area contributed by atoms with E-state index in [0.717, 1.165) is 18.8 Å². The lowest BCUT2D eigenvalue weighted by Gasteiger charge is -2.21. The van der Waals surface area contributed by atoms with Gasteiger partial charge in [-0.25, -0.2) is 4.68 Å². The molecule has 0 atom stereocenters. The SMILES string of the molecule is CC(C)(C)c1c(N)nnn1CCN1CCCC1. The van der Waals surface area contributed by atoms with E-state index in [2.05, 4.69) is 36.0 Å². The molecule has 1 aliphatic heterocycles. The fourth-order valence-electron chi connectivity index (χ4n) is 2.50. The zero-order valence-corrected chi connectivity index (χ0v) is 11.1. The average molecular weight is 237 g/mol. The highest BCUT2D eigenvalue weighted by atomic mass is 15.5. The summed E-state index contributed by atoms with van der Waals surface area (Å²) in [5.41, 5.74) is 6.95. The van der Waals surface area contributed by atoms with E-state index in [9.17, 15) is 0 Å². The maximum Gasteiger partial charge on any atom is 0.169 e. The Balaban J connectivity index is 2.05. The van der Waals surface area contributed by atoms with Crippen LogP contribution in [0.4, 0.5) is 5.82 Å². The molecular weight excluding hydrogens is 214 g/mol. The number of aromatic nitrogens is 3. The molecule has 0 aliphatic carbocycles. The van der Waals surface area contributed by atoms with Gasteiger partial charge in [0.25, 0.3) is 0 Å². The molecule has 1 aliphatic rings. The van der Waals surface area contributed by atoms with E-state index in [0.29, 0.717) is 5.82 Å². The van der Waals surface area contributed by atoms with E-state index in [1.165, 1.54) is 25.9 Å². The average Bonchev–Trinajstić information content (AvgIpc) is 2.82. The Morgan fingerprint density at radius 2 is 1.82 bits per heavy atom. The molecule has 0 spiro atoms. The molecule has 2 heterocycles. The highest BCUT2D eigenvalue weighted by Crippen LogP contribution is 2.25. The molecule has 96 valence electrons. The number of nitrogens with two attached hydrogens (primary N) is 1. The molecule has 0 aromatic carbocycles. The minimum atomic E-state index is -0.00140. The Hall–Kier alpha value is -1.10. The minimum absolute atomic E-state index is 0.00140. The van der Waals surface area contributed by atoms with Crippen molar-refractivity contribution < 1.29 is 0 Å². The molecule has 0 unspecified atom stereocenters. The van der Waals surface area contributed by atoms with Crippen LogP contribution >= 0.6 is 0 Å². The first-order valence-corrected chi connectivity index (χ1v) is 6.40. The molecule has 1 aromatic rings. The van der Waals surface area contributed by atoms with Gasteiger partial charge in [-0.3, -0.25) is 0 Å². The number of hydrogen-bond acceptors (Lipinski definition) is 4. The number of anilines is 1. The lowest BCUT2D eigenvalue weighted by Crippen LogP contribution is -2.27. The van der Waals surface area contributed by atoms with E-state index in [-0.39, 0.29) is 5.41 Å². The highest BCUT2D eigenvalue weighted by molar-refractivity contribution is 5.37. The number of likely N-dealkylation sites (tertiary alicyclic amines) is 1. The van der Waals surface area contributed by atoms with Crippen LogP contribution in [0.3, 0.4) is 0 Å². The van der Waals surface area contributed by atoms with Crippen molar-refractivity contribution in [3.8, 4) is 0 Å². The summed E-state index contributed by atoms with van der Waals surface area (Å²) in [6.45, 7) is 10.8. The first-order chi connectivity index (χ1) is 7.98. The van der Waals surface area contributed by atoms with Gasteiger partial charge in [-0.2, -0.15) is 0 Å². The van der Waals surface area contributed by atoms with Crippen LogP contribution in [0.1, 0.15) is 39.3 Å². The summed E-state index contributed by atoms with van der Waals surface area (Å²) in [5, 5.41) is 8.16. The van der Waals surface area contributed by atoms with E-state index >= 15 is 0 Å². The van der Waals surface area contributed by atoms with Crippen LogP contribution in [0.2, 0.25) is 0 Å². The van der Waals surface area contributed by atoms with Gasteiger partial charge in [0.2, 0.25) is 0 Å². The van der Waals surface area contributed by atoms with E-state index in [1.54, 1.807) is 0 Å². The first-order valence-electron chi connectivity index (χ1n) is 6.40. The summed E-state index contributed by atoms with van der Waals surface area (Å²) in [7, 11) is 0. The topological polar surface area (TPSA) is 60.0 Å². The van der Waals surface area contributed by atoms with Gasteiger partial charge in [0.15, 0.2) is 5.82 Å².